The van der Waals surface area contributed by atoms with Crippen LogP contribution in [0.2, 0.25) is 0 Å². The first-order valence-electron chi connectivity index (χ1n) is 6.32. The molecule has 2 aromatic carbocycles. The number of rotatable bonds is 1. The summed E-state index contributed by atoms with van der Waals surface area (Å²) in [4.78, 5) is 0. The van der Waals surface area contributed by atoms with Crippen molar-refractivity contribution in [3.63, 3.8) is 0 Å². The highest BCUT2D eigenvalue weighted by atomic mass is 16.5. The van der Waals surface area contributed by atoms with Crippen molar-refractivity contribution >= 4 is 5.69 Å². The fourth-order valence-corrected chi connectivity index (χ4v) is 2.46. The molecule has 0 fully saturated rings. The second-order valence-electron chi connectivity index (χ2n) is 4.86. The lowest BCUT2D eigenvalue weighted by atomic mass is 10.00. The maximum atomic E-state index is 5.68. The fourth-order valence-electron chi connectivity index (χ4n) is 2.46. The third-order valence-electron chi connectivity index (χ3n) is 3.21. The first kappa shape index (κ1) is 11.1. The topological polar surface area (TPSA) is 21.3 Å². The molecule has 0 amide bonds. The lowest BCUT2D eigenvalue weighted by Crippen LogP contribution is -2.17. The van der Waals surface area contributed by atoms with Gasteiger partial charge in [-0.3, -0.25) is 0 Å². The molecule has 18 heavy (non-hydrogen) atoms. The van der Waals surface area contributed by atoms with Crippen molar-refractivity contribution in [2.45, 2.75) is 13.8 Å². The summed E-state index contributed by atoms with van der Waals surface area (Å²) in [7, 11) is 0. The highest BCUT2D eigenvalue weighted by Crippen LogP contribution is 2.33. The zero-order valence-corrected chi connectivity index (χ0v) is 10.8. The van der Waals surface area contributed by atoms with Crippen molar-refractivity contribution in [1.29, 1.82) is 0 Å². The molecule has 92 valence electrons. The summed E-state index contributed by atoms with van der Waals surface area (Å²) < 4.78 is 5.68. The SMILES string of the molecule is Cc1cc(C)cc(-c2ccc3c(c2)OCCN3)c1. The van der Waals surface area contributed by atoms with Gasteiger partial charge in [0.1, 0.15) is 12.4 Å². The molecule has 0 unspecified atom stereocenters. The lowest BCUT2D eigenvalue weighted by molar-refractivity contribution is 0.323. The molecule has 2 aromatic rings. The van der Waals surface area contributed by atoms with Crippen LogP contribution in [0.25, 0.3) is 11.1 Å². The number of hydrogen-bond donors (Lipinski definition) is 1. The second kappa shape index (κ2) is 4.37. The first-order valence-corrected chi connectivity index (χ1v) is 6.32. The average Bonchev–Trinajstić information content (AvgIpc) is 2.37. The normalized spacial score (nSPS) is 13.4. The summed E-state index contributed by atoms with van der Waals surface area (Å²) in [6.07, 6.45) is 0. The molecule has 0 bridgehead atoms. The van der Waals surface area contributed by atoms with Crippen LogP contribution < -0.4 is 10.1 Å². The van der Waals surface area contributed by atoms with Gasteiger partial charge < -0.3 is 10.1 Å². The summed E-state index contributed by atoms with van der Waals surface area (Å²) >= 11 is 0. The minimum Gasteiger partial charge on any atom is -0.490 e. The molecule has 0 aromatic heterocycles. The van der Waals surface area contributed by atoms with Gasteiger partial charge in [0.2, 0.25) is 0 Å². The van der Waals surface area contributed by atoms with E-state index in [4.69, 9.17) is 4.74 Å². The molecule has 3 rings (SSSR count). The molecule has 1 aliphatic heterocycles. The van der Waals surface area contributed by atoms with Gasteiger partial charge in [-0.1, -0.05) is 35.4 Å². The third-order valence-corrected chi connectivity index (χ3v) is 3.21. The van der Waals surface area contributed by atoms with E-state index in [2.05, 4.69) is 55.6 Å². The van der Waals surface area contributed by atoms with Crippen LogP contribution >= 0.6 is 0 Å². The Balaban J connectivity index is 2.06. The van der Waals surface area contributed by atoms with Gasteiger partial charge in [0.05, 0.1) is 5.69 Å². The Morgan fingerprint density at radius 1 is 0.944 bits per heavy atom. The summed E-state index contributed by atoms with van der Waals surface area (Å²) in [6.45, 7) is 5.89. The van der Waals surface area contributed by atoms with Gasteiger partial charge in [-0.05, 0) is 37.1 Å². The zero-order valence-electron chi connectivity index (χ0n) is 10.8. The number of benzene rings is 2. The molecular formula is C16H17NO. The number of fused-ring (bicyclic) bond motifs is 1. The van der Waals surface area contributed by atoms with Crippen LogP contribution in [0, 0.1) is 13.8 Å². The number of aryl methyl sites for hydroxylation is 2. The summed E-state index contributed by atoms with van der Waals surface area (Å²) in [5, 5.41) is 3.34. The zero-order chi connectivity index (χ0) is 12.5. The van der Waals surface area contributed by atoms with E-state index >= 15 is 0 Å². The van der Waals surface area contributed by atoms with Gasteiger partial charge in [-0.25, -0.2) is 0 Å². The Morgan fingerprint density at radius 3 is 2.50 bits per heavy atom. The van der Waals surface area contributed by atoms with Gasteiger partial charge >= 0.3 is 0 Å². The molecule has 2 nitrogen and oxygen atoms in total. The van der Waals surface area contributed by atoms with E-state index in [1.807, 2.05) is 0 Å². The fraction of sp³-hybridized carbons (Fsp3) is 0.250. The maximum Gasteiger partial charge on any atom is 0.143 e. The molecule has 2 heteroatoms. The summed E-state index contributed by atoms with van der Waals surface area (Å²) in [6, 6.07) is 13.0. The van der Waals surface area contributed by atoms with E-state index < -0.39 is 0 Å². The smallest absolute Gasteiger partial charge is 0.143 e. The van der Waals surface area contributed by atoms with E-state index in [0.29, 0.717) is 0 Å². The Kier molecular flexibility index (Phi) is 2.71. The van der Waals surface area contributed by atoms with Crippen LogP contribution in [-0.2, 0) is 0 Å². The van der Waals surface area contributed by atoms with Crippen molar-refractivity contribution in [3.8, 4) is 16.9 Å². The molecule has 1 aliphatic rings. The number of nitrogens with one attached hydrogen (secondary N) is 1. The standard InChI is InChI=1S/C16H17NO/c1-11-7-12(2)9-14(8-11)13-3-4-15-16(10-13)18-6-5-17-15/h3-4,7-10,17H,5-6H2,1-2H3. The molecule has 1 N–H and O–H groups in total. The maximum absolute atomic E-state index is 5.68. The minimum atomic E-state index is 0.739. The van der Waals surface area contributed by atoms with E-state index in [1.54, 1.807) is 0 Å². The van der Waals surface area contributed by atoms with Crippen molar-refractivity contribution in [3.05, 3.63) is 47.5 Å². The molecule has 0 saturated heterocycles. The van der Waals surface area contributed by atoms with Crippen molar-refractivity contribution in [2.24, 2.45) is 0 Å². The lowest BCUT2D eigenvalue weighted by Gasteiger charge is -2.20. The quantitative estimate of drug-likeness (QED) is 0.817. The number of hydrogen-bond acceptors (Lipinski definition) is 2. The van der Waals surface area contributed by atoms with E-state index in [1.165, 1.54) is 22.3 Å². The molecule has 0 aliphatic carbocycles. The van der Waals surface area contributed by atoms with Crippen LogP contribution in [0.3, 0.4) is 0 Å². The summed E-state index contributed by atoms with van der Waals surface area (Å²) in [5.41, 5.74) is 6.15. The number of anilines is 1. The monoisotopic (exact) mass is 239 g/mol. The van der Waals surface area contributed by atoms with Crippen LogP contribution in [0.15, 0.2) is 36.4 Å². The van der Waals surface area contributed by atoms with E-state index in [-0.39, 0.29) is 0 Å². The highest BCUT2D eigenvalue weighted by Gasteiger charge is 2.10. The van der Waals surface area contributed by atoms with Crippen LogP contribution in [0.5, 0.6) is 5.75 Å². The number of ether oxygens (including phenoxy) is 1. The van der Waals surface area contributed by atoms with E-state index in [0.717, 1.165) is 24.6 Å². The third kappa shape index (κ3) is 2.06. The second-order valence-corrected chi connectivity index (χ2v) is 4.86. The summed E-state index contributed by atoms with van der Waals surface area (Å²) in [5.74, 6) is 0.956. The Hall–Kier alpha value is -1.96. The molecule has 0 atom stereocenters. The van der Waals surface area contributed by atoms with Crippen LogP contribution in [0.4, 0.5) is 5.69 Å². The van der Waals surface area contributed by atoms with Gasteiger partial charge in [0, 0.05) is 6.54 Å². The van der Waals surface area contributed by atoms with Crippen molar-refractivity contribution < 1.29 is 4.74 Å². The van der Waals surface area contributed by atoms with Crippen LogP contribution in [0.1, 0.15) is 11.1 Å². The molecule has 0 radical (unpaired) electrons. The van der Waals surface area contributed by atoms with E-state index in [9.17, 15) is 0 Å². The largest absolute Gasteiger partial charge is 0.490 e. The van der Waals surface area contributed by atoms with Gasteiger partial charge in [0.25, 0.3) is 0 Å². The molecule has 1 heterocycles. The molecule has 0 saturated carbocycles. The van der Waals surface area contributed by atoms with Crippen LogP contribution in [-0.4, -0.2) is 13.2 Å². The average molecular weight is 239 g/mol. The van der Waals surface area contributed by atoms with Gasteiger partial charge in [-0.15, -0.1) is 0 Å². The first-order chi connectivity index (χ1) is 8.72. The molecular weight excluding hydrogens is 222 g/mol. The van der Waals surface area contributed by atoms with Crippen molar-refractivity contribution in [2.75, 3.05) is 18.5 Å². The Morgan fingerprint density at radius 2 is 1.72 bits per heavy atom. The molecule has 0 spiro atoms. The Labute approximate surface area is 108 Å². The Bertz CT molecular complexity index is 569. The predicted octanol–water partition coefficient (Wildman–Crippen LogP) is 3.77. The van der Waals surface area contributed by atoms with Gasteiger partial charge in [-0.2, -0.15) is 0 Å². The van der Waals surface area contributed by atoms with Crippen molar-refractivity contribution in [1.82, 2.24) is 0 Å². The highest BCUT2D eigenvalue weighted by molar-refractivity contribution is 5.72. The van der Waals surface area contributed by atoms with Gasteiger partial charge in [0.15, 0.2) is 0 Å². The minimum absolute atomic E-state index is 0.739. The predicted molar refractivity (Wildman–Crippen MR) is 75.3 cm³/mol.